The Hall–Kier alpha value is -0.300. The van der Waals surface area contributed by atoms with Crippen LogP contribution in [0.15, 0.2) is 12.2 Å². The largest absolute Gasteiger partial charge is 0.374 e. The average molecular weight is 170 g/mol. The minimum Gasteiger partial charge on any atom is -0.374 e. The molecule has 0 aliphatic carbocycles. The van der Waals surface area contributed by atoms with Gasteiger partial charge in [-0.1, -0.05) is 39.3 Å². The Labute approximate surface area is 76.8 Å². The highest BCUT2D eigenvalue weighted by Crippen LogP contribution is 2.14. The van der Waals surface area contributed by atoms with Crippen LogP contribution in [0.2, 0.25) is 0 Å². The summed E-state index contributed by atoms with van der Waals surface area (Å²) in [7, 11) is 0. The monoisotopic (exact) mass is 170 g/mol. The molecule has 12 heavy (non-hydrogen) atoms. The van der Waals surface area contributed by atoms with Crippen LogP contribution < -0.4 is 0 Å². The van der Waals surface area contributed by atoms with E-state index in [1.807, 2.05) is 6.92 Å². The molecule has 0 aliphatic rings. The second kappa shape index (κ2) is 6.24. The van der Waals surface area contributed by atoms with Crippen molar-refractivity contribution in [1.29, 1.82) is 0 Å². The summed E-state index contributed by atoms with van der Waals surface area (Å²) >= 11 is 0. The summed E-state index contributed by atoms with van der Waals surface area (Å²) in [5, 5.41) is 0. The fourth-order valence-electron chi connectivity index (χ4n) is 1.26. The van der Waals surface area contributed by atoms with Gasteiger partial charge in [-0.05, 0) is 19.3 Å². The summed E-state index contributed by atoms with van der Waals surface area (Å²) in [5.74, 6) is 0.541. The molecular weight excluding hydrogens is 148 g/mol. The first-order valence-electron chi connectivity index (χ1n) is 4.86. The van der Waals surface area contributed by atoms with Crippen LogP contribution in [0.3, 0.4) is 0 Å². The van der Waals surface area contributed by atoms with Gasteiger partial charge in [-0.2, -0.15) is 0 Å². The Kier molecular flexibility index (Phi) is 6.09. The molecule has 0 N–H and O–H groups in total. The van der Waals surface area contributed by atoms with E-state index < -0.39 is 0 Å². The molecule has 0 aliphatic heterocycles. The van der Waals surface area contributed by atoms with Gasteiger partial charge in [0.1, 0.15) is 0 Å². The van der Waals surface area contributed by atoms with Crippen molar-refractivity contribution in [3.05, 3.63) is 12.2 Å². The Morgan fingerprint density at radius 2 is 2.00 bits per heavy atom. The van der Waals surface area contributed by atoms with E-state index in [2.05, 4.69) is 27.4 Å². The highest BCUT2D eigenvalue weighted by Gasteiger charge is 2.13. The number of hydrogen-bond donors (Lipinski definition) is 0. The molecular formula is C11H22O. The number of ether oxygens (including phenoxy) is 1. The molecule has 0 rings (SSSR count). The topological polar surface area (TPSA) is 9.23 Å². The van der Waals surface area contributed by atoms with E-state index in [1.165, 1.54) is 6.42 Å². The minimum absolute atomic E-state index is 0.247. The molecule has 72 valence electrons. The van der Waals surface area contributed by atoms with Crippen molar-refractivity contribution < 1.29 is 4.74 Å². The highest BCUT2D eigenvalue weighted by atomic mass is 16.5. The fourth-order valence-corrected chi connectivity index (χ4v) is 1.26. The Bertz CT molecular complexity index is 127. The molecule has 0 spiro atoms. The van der Waals surface area contributed by atoms with Gasteiger partial charge in [0.05, 0.1) is 6.10 Å². The Balaban J connectivity index is 3.72. The van der Waals surface area contributed by atoms with Crippen molar-refractivity contribution >= 4 is 0 Å². The van der Waals surface area contributed by atoms with Crippen molar-refractivity contribution in [1.82, 2.24) is 0 Å². The molecule has 0 amide bonds. The first-order valence-corrected chi connectivity index (χ1v) is 4.86. The smallest absolute Gasteiger partial charge is 0.0802 e. The SMILES string of the molecule is C=C(C)C(OCCCC)C(C)C. The second-order valence-corrected chi connectivity index (χ2v) is 3.74. The normalized spacial score (nSPS) is 13.4. The summed E-state index contributed by atoms with van der Waals surface area (Å²) in [6, 6.07) is 0. The molecule has 0 aromatic rings. The molecule has 0 heterocycles. The third-order valence-electron chi connectivity index (χ3n) is 1.89. The highest BCUT2D eigenvalue weighted by molar-refractivity contribution is 4.99. The lowest BCUT2D eigenvalue weighted by atomic mass is 10.0. The van der Waals surface area contributed by atoms with Crippen LogP contribution in [0.5, 0.6) is 0 Å². The quantitative estimate of drug-likeness (QED) is 0.438. The zero-order chi connectivity index (χ0) is 9.56. The van der Waals surface area contributed by atoms with Gasteiger partial charge in [-0.25, -0.2) is 0 Å². The summed E-state index contributed by atoms with van der Waals surface area (Å²) in [4.78, 5) is 0. The number of hydrogen-bond acceptors (Lipinski definition) is 1. The first kappa shape index (κ1) is 11.7. The lowest BCUT2D eigenvalue weighted by Crippen LogP contribution is -2.21. The zero-order valence-electron chi connectivity index (χ0n) is 8.89. The van der Waals surface area contributed by atoms with Crippen LogP contribution in [0.25, 0.3) is 0 Å². The summed E-state index contributed by atoms with van der Waals surface area (Å²) in [6.45, 7) is 13.4. The maximum atomic E-state index is 5.71. The van der Waals surface area contributed by atoms with Gasteiger partial charge in [0.25, 0.3) is 0 Å². The second-order valence-electron chi connectivity index (χ2n) is 3.74. The summed E-state index contributed by atoms with van der Waals surface area (Å²) in [5.41, 5.74) is 1.14. The fraction of sp³-hybridized carbons (Fsp3) is 0.818. The van der Waals surface area contributed by atoms with Crippen molar-refractivity contribution in [3.8, 4) is 0 Å². The maximum absolute atomic E-state index is 5.71. The van der Waals surface area contributed by atoms with Gasteiger partial charge in [0.2, 0.25) is 0 Å². The molecule has 0 aromatic heterocycles. The molecule has 0 saturated carbocycles. The molecule has 0 bridgehead atoms. The van der Waals surface area contributed by atoms with E-state index in [4.69, 9.17) is 4.74 Å². The Morgan fingerprint density at radius 3 is 2.33 bits per heavy atom. The van der Waals surface area contributed by atoms with E-state index in [1.54, 1.807) is 0 Å². The molecule has 0 radical (unpaired) electrons. The van der Waals surface area contributed by atoms with Crippen LogP contribution in [-0.4, -0.2) is 12.7 Å². The van der Waals surface area contributed by atoms with Gasteiger partial charge in [-0.15, -0.1) is 0 Å². The molecule has 0 saturated heterocycles. The average Bonchev–Trinajstić information content (AvgIpc) is 1.96. The minimum atomic E-state index is 0.247. The van der Waals surface area contributed by atoms with Crippen LogP contribution in [0, 0.1) is 5.92 Å². The van der Waals surface area contributed by atoms with Crippen molar-refractivity contribution in [3.63, 3.8) is 0 Å². The van der Waals surface area contributed by atoms with Gasteiger partial charge in [0, 0.05) is 6.61 Å². The molecule has 0 fully saturated rings. The van der Waals surface area contributed by atoms with Crippen LogP contribution in [-0.2, 0) is 4.74 Å². The summed E-state index contributed by atoms with van der Waals surface area (Å²) in [6.07, 6.45) is 2.59. The lowest BCUT2D eigenvalue weighted by molar-refractivity contribution is 0.0459. The predicted molar refractivity (Wildman–Crippen MR) is 54.3 cm³/mol. The van der Waals surface area contributed by atoms with E-state index in [0.717, 1.165) is 18.6 Å². The third-order valence-corrected chi connectivity index (χ3v) is 1.89. The third kappa shape index (κ3) is 4.55. The zero-order valence-corrected chi connectivity index (χ0v) is 8.89. The van der Waals surface area contributed by atoms with Crippen LogP contribution in [0.1, 0.15) is 40.5 Å². The van der Waals surface area contributed by atoms with Crippen molar-refractivity contribution in [2.45, 2.75) is 46.6 Å². The van der Waals surface area contributed by atoms with Crippen molar-refractivity contribution in [2.75, 3.05) is 6.61 Å². The maximum Gasteiger partial charge on any atom is 0.0802 e. The molecule has 1 heteroatoms. The predicted octanol–water partition coefficient (Wildman–Crippen LogP) is 3.40. The first-order chi connectivity index (χ1) is 5.59. The molecule has 1 nitrogen and oxygen atoms in total. The molecule has 1 atom stereocenters. The van der Waals surface area contributed by atoms with Gasteiger partial charge in [-0.3, -0.25) is 0 Å². The number of rotatable bonds is 6. The van der Waals surface area contributed by atoms with E-state index in [9.17, 15) is 0 Å². The van der Waals surface area contributed by atoms with Crippen molar-refractivity contribution in [2.24, 2.45) is 5.92 Å². The van der Waals surface area contributed by atoms with E-state index in [-0.39, 0.29) is 6.10 Å². The van der Waals surface area contributed by atoms with Crippen LogP contribution in [0.4, 0.5) is 0 Å². The van der Waals surface area contributed by atoms with Gasteiger partial charge in [0.15, 0.2) is 0 Å². The van der Waals surface area contributed by atoms with E-state index in [0.29, 0.717) is 5.92 Å². The Morgan fingerprint density at radius 1 is 1.42 bits per heavy atom. The standard InChI is InChI=1S/C11H22O/c1-6-7-8-12-11(9(2)3)10(4)5/h10-11H,2,6-8H2,1,3-5H3. The number of unbranched alkanes of at least 4 members (excludes halogenated alkanes) is 1. The van der Waals surface area contributed by atoms with Gasteiger partial charge < -0.3 is 4.74 Å². The van der Waals surface area contributed by atoms with Crippen LogP contribution >= 0.6 is 0 Å². The molecule has 0 aromatic carbocycles. The van der Waals surface area contributed by atoms with Gasteiger partial charge >= 0.3 is 0 Å². The molecule has 1 unspecified atom stereocenters. The lowest BCUT2D eigenvalue weighted by Gasteiger charge is -2.21. The van der Waals surface area contributed by atoms with E-state index >= 15 is 0 Å². The summed E-state index contributed by atoms with van der Waals surface area (Å²) < 4.78 is 5.71.